The fourth-order valence-corrected chi connectivity index (χ4v) is 2.84. The molecular weight excluding hydrogens is 370 g/mol. The van der Waals surface area contributed by atoms with Crippen LogP contribution >= 0.6 is 11.8 Å². The van der Waals surface area contributed by atoms with E-state index in [1.165, 1.54) is 36.0 Å². The summed E-state index contributed by atoms with van der Waals surface area (Å²) in [7, 11) is 0. The van der Waals surface area contributed by atoms with Gasteiger partial charge in [0.15, 0.2) is 6.61 Å². The van der Waals surface area contributed by atoms with Crippen molar-refractivity contribution in [2.75, 3.05) is 12.4 Å². The molecule has 0 saturated heterocycles. The highest BCUT2D eigenvalue weighted by Crippen LogP contribution is 2.20. The van der Waals surface area contributed by atoms with Gasteiger partial charge in [0.05, 0.1) is 0 Å². The van der Waals surface area contributed by atoms with E-state index in [2.05, 4.69) is 10.1 Å². The van der Waals surface area contributed by atoms with Crippen LogP contribution in [0, 0.1) is 5.82 Å². The summed E-state index contributed by atoms with van der Waals surface area (Å²) in [5.74, 6) is 0.141. The Hall–Kier alpha value is -2.22. The van der Waals surface area contributed by atoms with E-state index in [0.29, 0.717) is 11.3 Å². The maximum Gasteiger partial charge on any atom is 0.422 e. The van der Waals surface area contributed by atoms with E-state index in [1.807, 2.05) is 0 Å². The van der Waals surface area contributed by atoms with Gasteiger partial charge in [0.1, 0.15) is 11.6 Å². The molecule has 0 heterocycles. The van der Waals surface area contributed by atoms with Gasteiger partial charge in [-0.15, -0.1) is 11.8 Å². The lowest BCUT2D eigenvalue weighted by Crippen LogP contribution is -2.23. The first-order chi connectivity index (χ1) is 12.3. The van der Waals surface area contributed by atoms with E-state index >= 15 is 0 Å². The highest BCUT2D eigenvalue weighted by Gasteiger charge is 2.28. The largest absolute Gasteiger partial charge is 0.484 e. The van der Waals surface area contributed by atoms with E-state index in [9.17, 15) is 22.4 Å². The Morgan fingerprint density at radius 2 is 1.85 bits per heavy atom. The molecule has 0 aliphatic carbocycles. The highest BCUT2D eigenvalue weighted by atomic mass is 32.2. The number of halogens is 4. The van der Waals surface area contributed by atoms with Gasteiger partial charge in [-0.05, 0) is 42.0 Å². The molecule has 0 aliphatic rings. The number of hydrogen-bond acceptors (Lipinski definition) is 3. The van der Waals surface area contributed by atoms with Crippen LogP contribution in [0.25, 0.3) is 0 Å². The lowest BCUT2D eigenvalue weighted by molar-refractivity contribution is -0.153. The second-order valence-corrected chi connectivity index (χ2v) is 6.55. The van der Waals surface area contributed by atoms with Gasteiger partial charge in [-0.3, -0.25) is 4.79 Å². The zero-order valence-electron chi connectivity index (χ0n) is 13.7. The number of carbonyl (C=O) groups is 1. The third-order valence-corrected chi connectivity index (χ3v) is 4.22. The van der Waals surface area contributed by atoms with Crippen LogP contribution < -0.4 is 10.1 Å². The first-order valence-corrected chi connectivity index (χ1v) is 8.74. The number of rotatable bonds is 8. The highest BCUT2D eigenvalue weighted by molar-refractivity contribution is 7.99. The van der Waals surface area contributed by atoms with Gasteiger partial charge < -0.3 is 10.1 Å². The van der Waals surface area contributed by atoms with Crippen LogP contribution in [0.1, 0.15) is 12.0 Å². The molecule has 3 nitrogen and oxygen atoms in total. The third kappa shape index (κ3) is 7.77. The molecule has 1 amide bonds. The molecule has 2 rings (SSSR count). The second kappa shape index (κ2) is 9.47. The first-order valence-electron chi connectivity index (χ1n) is 7.75. The maximum absolute atomic E-state index is 12.8. The van der Waals surface area contributed by atoms with Crippen molar-refractivity contribution in [3.63, 3.8) is 0 Å². The Morgan fingerprint density at radius 1 is 1.12 bits per heavy atom. The van der Waals surface area contributed by atoms with Gasteiger partial charge in [0.25, 0.3) is 0 Å². The number of hydrogen-bond donors (Lipinski definition) is 1. The van der Waals surface area contributed by atoms with E-state index in [1.54, 1.807) is 24.3 Å². The van der Waals surface area contributed by atoms with Crippen LogP contribution in [0.3, 0.4) is 0 Å². The van der Waals surface area contributed by atoms with Crippen LogP contribution in [0.4, 0.5) is 17.6 Å². The number of nitrogens with one attached hydrogen (secondary N) is 1. The van der Waals surface area contributed by atoms with Crippen LogP contribution in [0.2, 0.25) is 0 Å². The summed E-state index contributed by atoms with van der Waals surface area (Å²) < 4.78 is 53.9. The molecule has 2 aromatic carbocycles. The van der Waals surface area contributed by atoms with Crippen LogP contribution in [-0.2, 0) is 11.3 Å². The van der Waals surface area contributed by atoms with Crippen molar-refractivity contribution in [3.05, 3.63) is 59.9 Å². The molecule has 0 saturated carbocycles. The zero-order chi connectivity index (χ0) is 19.0. The standard InChI is InChI=1S/C18H17F4NO2S/c19-14-4-6-16(7-5-14)26-9-8-17(24)23-11-13-2-1-3-15(10-13)25-12-18(20,21)22/h1-7,10H,8-9,11-12H2,(H,23,24). The summed E-state index contributed by atoms with van der Waals surface area (Å²) in [5.41, 5.74) is 0.643. The van der Waals surface area contributed by atoms with Crippen LogP contribution in [-0.4, -0.2) is 24.4 Å². The number of ether oxygens (including phenoxy) is 1. The van der Waals surface area contributed by atoms with Gasteiger partial charge in [-0.25, -0.2) is 4.39 Å². The minimum atomic E-state index is -4.40. The fraction of sp³-hybridized carbons (Fsp3) is 0.278. The Bertz CT molecular complexity index is 720. The normalized spacial score (nSPS) is 11.2. The van der Waals surface area contributed by atoms with Gasteiger partial charge in [0, 0.05) is 23.6 Å². The summed E-state index contributed by atoms with van der Waals surface area (Å²) >= 11 is 1.44. The fourth-order valence-electron chi connectivity index (χ4n) is 1.99. The minimum Gasteiger partial charge on any atom is -0.484 e. The molecule has 26 heavy (non-hydrogen) atoms. The average Bonchev–Trinajstić information content (AvgIpc) is 2.60. The van der Waals surface area contributed by atoms with Crippen molar-refractivity contribution in [3.8, 4) is 5.75 Å². The molecule has 0 spiro atoms. The maximum atomic E-state index is 12.8. The van der Waals surface area contributed by atoms with Gasteiger partial charge >= 0.3 is 6.18 Å². The summed E-state index contributed by atoms with van der Waals surface area (Å²) in [4.78, 5) is 12.7. The number of amides is 1. The molecule has 0 unspecified atom stereocenters. The number of alkyl halides is 3. The topological polar surface area (TPSA) is 38.3 Å². The molecule has 0 bridgehead atoms. The number of benzene rings is 2. The lowest BCUT2D eigenvalue weighted by atomic mass is 10.2. The summed E-state index contributed by atoms with van der Waals surface area (Å²) in [5, 5.41) is 2.70. The third-order valence-electron chi connectivity index (χ3n) is 3.20. The molecule has 0 fully saturated rings. The summed E-state index contributed by atoms with van der Waals surface area (Å²) in [6.07, 6.45) is -4.13. The first kappa shape index (κ1) is 20.1. The SMILES string of the molecule is O=C(CCSc1ccc(F)cc1)NCc1cccc(OCC(F)(F)F)c1. The molecule has 1 N–H and O–H groups in total. The Morgan fingerprint density at radius 3 is 2.54 bits per heavy atom. The monoisotopic (exact) mass is 387 g/mol. The van der Waals surface area contributed by atoms with Crippen molar-refractivity contribution in [1.29, 1.82) is 0 Å². The van der Waals surface area contributed by atoms with Crippen molar-refractivity contribution < 1.29 is 27.1 Å². The Kier molecular flexibility index (Phi) is 7.32. The molecule has 0 aromatic heterocycles. The molecule has 0 aliphatic heterocycles. The van der Waals surface area contributed by atoms with E-state index in [4.69, 9.17) is 0 Å². The predicted molar refractivity (Wildman–Crippen MR) is 91.6 cm³/mol. The lowest BCUT2D eigenvalue weighted by Gasteiger charge is -2.11. The summed E-state index contributed by atoms with van der Waals surface area (Å²) in [6, 6.07) is 12.1. The number of thioether (sulfide) groups is 1. The molecule has 0 radical (unpaired) electrons. The van der Waals surface area contributed by atoms with Crippen molar-refractivity contribution in [2.24, 2.45) is 0 Å². The van der Waals surface area contributed by atoms with Crippen molar-refractivity contribution >= 4 is 17.7 Å². The van der Waals surface area contributed by atoms with Crippen molar-refractivity contribution in [2.45, 2.75) is 24.0 Å². The van der Waals surface area contributed by atoms with E-state index in [-0.39, 0.29) is 30.4 Å². The van der Waals surface area contributed by atoms with Crippen LogP contribution in [0.15, 0.2) is 53.4 Å². The quantitative estimate of drug-likeness (QED) is 0.533. The number of carbonyl (C=O) groups excluding carboxylic acids is 1. The zero-order valence-corrected chi connectivity index (χ0v) is 14.5. The predicted octanol–water partition coefficient (Wildman–Crippen LogP) is 4.57. The summed E-state index contributed by atoms with van der Waals surface area (Å²) in [6.45, 7) is -1.16. The van der Waals surface area contributed by atoms with E-state index in [0.717, 1.165) is 4.90 Å². The van der Waals surface area contributed by atoms with E-state index < -0.39 is 12.8 Å². The minimum absolute atomic E-state index is 0.0981. The Balaban J connectivity index is 1.72. The molecule has 0 atom stereocenters. The average molecular weight is 387 g/mol. The molecule has 2 aromatic rings. The molecule has 140 valence electrons. The molecule has 8 heteroatoms. The van der Waals surface area contributed by atoms with Crippen molar-refractivity contribution in [1.82, 2.24) is 5.32 Å². The van der Waals surface area contributed by atoms with Gasteiger partial charge in [0.2, 0.25) is 5.91 Å². The van der Waals surface area contributed by atoms with Crippen LogP contribution in [0.5, 0.6) is 5.75 Å². The van der Waals surface area contributed by atoms with Gasteiger partial charge in [-0.2, -0.15) is 13.2 Å². The Labute approximate surface area is 152 Å². The van der Waals surface area contributed by atoms with Gasteiger partial charge in [-0.1, -0.05) is 12.1 Å². The second-order valence-electron chi connectivity index (χ2n) is 5.38. The molecular formula is C18H17F4NO2S. The smallest absolute Gasteiger partial charge is 0.422 e.